The summed E-state index contributed by atoms with van der Waals surface area (Å²) in [5, 5.41) is 6.85. The average molecular weight is 247 g/mol. The van der Waals surface area contributed by atoms with Crippen LogP contribution in [0.2, 0.25) is 0 Å². The van der Waals surface area contributed by atoms with Crippen molar-refractivity contribution in [3.8, 4) is 0 Å². The van der Waals surface area contributed by atoms with Gasteiger partial charge in [-0.15, -0.1) is 0 Å². The average Bonchev–Trinajstić information content (AvgIpc) is 2.57. The fourth-order valence-corrected chi connectivity index (χ4v) is 2.35. The predicted molar refractivity (Wildman–Crippen MR) is 73.8 cm³/mol. The van der Waals surface area contributed by atoms with Gasteiger partial charge in [0.1, 0.15) is 0 Å². The molecule has 1 fully saturated rings. The highest BCUT2D eigenvalue weighted by atomic mass is 16.1. The summed E-state index contributed by atoms with van der Waals surface area (Å²) in [6.07, 6.45) is 3.55. The molecular formula is C14H21N3O. The van der Waals surface area contributed by atoms with E-state index < -0.39 is 0 Å². The molecule has 1 saturated heterocycles. The molecule has 98 valence electrons. The Labute approximate surface area is 108 Å². The highest BCUT2D eigenvalue weighted by molar-refractivity contribution is 5.98. The summed E-state index contributed by atoms with van der Waals surface area (Å²) < 4.78 is 0. The van der Waals surface area contributed by atoms with Crippen molar-refractivity contribution >= 4 is 11.6 Å². The molecule has 18 heavy (non-hydrogen) atoms. The van der Waals surface area contributed by atoms with Gasteiger partial charge in [-0.25, -0.2) is 0 Å². The quantitative estimate of drug-likeness (QED) is 0.761. The number of primary amides is 1. The maximum atomic E-state index is 11.4. The largest absolute Gasteiger partial charge is 0.380 e. The fourth-order valence-electron chi connectivity index (χ4n) is 2.35. The number of hydrogen-bond acceptors (Lipinski definition) is 3. The number of aryl methyl sites for hydroxylation is 1. The lowest BCUT2D eigenvalue weighted by atomic mass is 10.1. The van der Waals surface area contributed by atoms with Crippen LogP contribution in [0.5, 0.6) is 0 Å². The van der Waals surface area contributed by atoms with Crippen molar-refractivity contribution in [3.05, 3.63) is 29.3 Å². The molecule has 4 heteroatoms. The van der Waals surface area contributed by atoms with Crippen LogP contribution in [0.4, 0.5) is 5.69 Å². The molecule has 1 aromatic rings. The molecule has 0 spiro atoms. The third-order valence-corrected chi connectivity index (χ3v) is 3.35. The number of anilines is 1. The molecule has 1 atom stereocenters. The first-order chi connectivity index (χ1) is 8.66. The van der Waals surface area contributed by atoms with Gasteiger partial charge >= 0.3 is 0 Å². The topological polar surface area (TPSA) is 67.2 Å². The molecule has 4 N–H and O–H groups in total. The Morgan fingerprint density at radius 2 is 2.28 bits per heavy atom. The van der Waals surface area contributed by atoms with Crippen LogP contribution in [0.3, 0.4) is 0 Å². The van der Waals surface area contributed by atoms with Crippen LogP contribution in [-0.4, -0.2) is 25.0 Å². The maximum Gasteiger partial charge on any atom is 0.250 e. The van der Waals surface area contributed by atoms with Crippen molar-refractivity contribution in [1.82, 2.24) is 5.32 Å². The predicted octanol–water partition coefficient (Wildman–Crippen LogP) is 1.65. The lowest BCUT2D eigenvalue weighted by Crippen LogP contribution is -2.31. The summed E-state index contributed by atoms with van der Waals surface area (Å²) in [6, 6.07) is 6.07. The van der Waals surface area contributed by atoms with Crippen LogP contribution in [0.1, 0.15) is 35.2 Å². The van der Waals surface area contributed by atoms with Gasteiger partial charge in [0.2, 0.25) is 0 Å². The van der Waals surface area contributed by atoms with Gasteiger partial charge in [0.05, 0.1) is 5.56 Å². The Balaban J connectivity index is 2.15. The van der Waals surface area contributed by atoms with Crippen molar-refractivity contribution in [1.29, 1.82) is 0 Å². The normalized spacial score (nSPS) is 20.2. The number of hydrogen-bond donors (Lipinski definition) is 3. The second-order valence-electron chi connectivity index (χ2n) is 4.95. The first-order valence-corrected chi connectivity index (χ1v) is 6.54. The Morgan fingerprint density at radius 1 is 1.44 bits per heavy atom. The Bertz CT molecular complexity index is 423. The summed E-state index contributed by atoms with van der Waals surface area (Å²) in [4.78, 5) is 11.4. The van der Waals surface area contributed by atoms with E-state index in [0.29, 0.717) is 11.6 Å². The molecule has 1 unspecified atom stereocenters. The molecule has 1 aliphatic heterocycles. The molecular weight excluding hydrogens is 226 g/mol. The van der Waals surface area contributed by atoms with Crippen molar-refractivity contribution in [2.45, 2.75) is 32.2 Å². The Kier molecular flexibility index (Phi) is 4.20. The second kappa shape index (κ2) is 5.87. The van der Waals surface area contributed by atoms with E-state index in [9.17, 15) is 4.79 Å². The van der Waals surface area contributed by atoms with Gasteiger partial charge in [-0.1, -0.05) is 12.5 Å². The smallest absolute Gasteiger partial charge is 0.250 e. The number of nitrogens with two attached hydrogens (primary N) is 1. The number of benzene rings is 1. The van der Waals surface area contributed by atoms with E-state index in [0.717, 1.165) is 30.8 Å². The van der Waals surface area contributed by atoms with Crippen LogP contribution in [0.15, 0.2) is 18.2 Å². The summed E-state index contributed by atoms with van der Waals surface area (Å²) >= 11 is 0. The van der Waals surface area contributed by atoms with Crippen molar-refractivity contribution in [3.63, 3.8) is 0 Å². The van der Waals surface area contributed by atoms with Gasteiger partial charge in [-0.3, -0.25) is 4.79 Å². The van der Waals surface area contributed by atoms with Crippen LogP contribution in [-0.2, 0) is 0 Å². The van der Waals surface area contributed by atoms with Gasteiger partial charge < -0.3 is 16.4 Å². The Hall–Kier alpha value is -1.55. The molecule has 0 saturated carbocycles. The zero-order valence-corrected chi connectivity index (χ0v) is 10.8. The molecule has 0 aromatic heterocycles. The van der Waals surface area contributed by atoms with E-state index in [4.69, 9.17) is 5.73 Å². The molecule has 1 aromatic carbocycles. The first kappa shape index (κ1) is 12.9. The van der Waals surface area contributed by atoms with E-state index in [1.165, 1.54) is 12.8 Å². The summed E-state index contributed by atoms with van der Waals surface area (Å²) in [6.45, 7) is 4.03. The second-order valence-corrected chi connectivity index (χ2v) is 4.95. The van der Waals surface area contributed by atoms with Gasteiger partial charge in [0, 0.05) is 18.3 Å². The van der Waals surface area contributed by atoms with E-state index in [-0.39, 0.29) is 5.91 Å². The standard InChI is InChI=1S/C14H21N3O/c1-10-5-6-12(14(15)18)13(8-10)17-11-4-2-3-7-16-9-11/h5-6,8,11,16-17H,2-4,7,9H2,1H3,(H2,15,18). The van der Waals surface area contributed by atoms with Gasteiger partial charge in [-0.2, -0.15) is 0 Å². The van der Waals surface area contributed by atoms with Crippen LogP contribution in [0, 0.1) is 6.92 Å². The maximum absolute atomic E-state index is 11.4. The van der Waals surface area contributed by atoms with Crippen LogP contribution in [0.25, 0.3) is 0 Å². The summed E-state index contributed by atoms with van der Waals surface area (Å²) in [5.74, 6) is -0.376. The van der Waals surface area contributed by atoms with Crippen molar-refractivity contribution in [2.24, 2.45) is 5.73 Å². The molecule has 1 amide bonds. The minimum Gasteiger partial charge on any atom is -0.380 e. The first-order valence-electron chi connectivity index (χ1n) is 6.54. The van der Waals surface area contributed by atoms with Gasteiger partial charge in [-0.05, 0) is 44.0 Å². The molecule has 0 aliphatic carbocycles. The summed E-state index contributed by atoms with van der Waals surface area (Å²) in [7, 11) is 0. The van der Waals surface area contributed by atoms with Crippen molar-refractivity contribution < 1.29 is 4.79 Å². The number of nitrogens with one attached hydrogen (secondary N) is 2. The molecule has 0 bridgehead atoms. The van der Waals surface area contributed by atoms with Gasteiger partial charge in [0.25, 0.3) is 5.91 Å². The zero-order chi connectivity index (χ0) is 13.0. The van der Waals surface area contributed by atoms with Crippen LogP contribution < -0.4 is 16.4 Å². The van der Waals surface area contributed by atoms with E-state index in [2.05, 4.69) is 10.6 Å². The number of rotatable bonds is 3. The fraction of sp³-hybridized carbons (Fsp3) is 0.500. The molecule has 4 nitrogen and oxygen atoms in total. The minimum absolute atomic E-state index is 0.368. The van der Waals surface area contributed by atoms with E-state index >= 15 is 0 Å². The van der Waals surface area contributed by atoms with Gasteiger partial charge in [0.15, 0.2) is 0 Å². The zero-order valence-electron chi connectivity index (χ0n) is 10.8. The highest BCUT2D eigenvalue weighted by Gasteiger charge is 2.15. The number of carbonyl (C=O) groups is 1. The van der Waals surface area contributed by atoms with Crippen molar-refractivity contribution in [2.75, 3.05) is 18.4 Å². The molecule has 1 aliphatic rings. The minimum atomic E-state index is -0.376. The third-order valence-electron chi connectivity index (χ3n) is 3.35. The molecule has 1 heterocycles. The number of carbonyl (C=O) groups excluding carboxylic acids is 1. The van der Waals surface area contributed by atoms with E-state index in [1.54, 1.807) is 6.07 Å². The lowest BCUT2D eigenvalue weighted by Gasteiger charge is -2.19. The molecule has 0 radical (unpaired) electrons. The highest BCUT2D eigenvalue weighted by Crippen LogP contribution is 2.20. The third kappa shape index (κ3) is 3.23. The monoisotopic (exact) mass is 247 g/mol. The molecule has 2 rings (SSSR count). The number of amides is 1. The SMILES string of the molecule is Cc1ccc(C(N)=O)c(NC2CCCCNC2)c1. The lowest BCUT2D eigenvalue weighted by molar-refractivity contribution is 0.100. The van der Waals surface area contributed by atoms with Crippen LogP contribution >= 0.6 is 0 Å². The van der Waals surface area contributed by atoms with E-state index in [1.807, 2.05) is 19.1 Å². The summed E-state index contributed by atoms with van der Waals surface area (Å²) in [5.41, 5.74) is 7.97. The Morgan fingerprint density at radius 3 is 3.06 bits per heavy atom.